The number of rotatable bonds is 12. The van der Waals surface area contributed by atoms with E-state index in [2.05, 4.69) is 17.2 Å². The number of aliphatic hydroxyl groups is 1. The van der Waals surface area contributed by atoms with Crippen LogP contribution in [0.15, 0.2) is 71.6 Å². The van der Waals surface area contributed by atoms with E-state index in [4.69, 9.17) is 9.47 Å². The Balaban J connectivity index is 1.80. The first kappa shape index (κ1) is 29.3. The van der Waals surface area contributed by atoms with Crippen molar-refractivity contribution < 1.29 is 32.6 Å². The topological polar surface area (TPSA) is 134 Å². The van der Waals surface area contributed by atoms with E-state index in [1.54, 1.807) is 6.92 Å². The number of aliphatic hydroxyl groups excluding tert-OH is 1. The van der Waals surface area contributed by atoms with Crippen LogP contribution in [0.3, 0.4) is 0 Å². The Morgan fingerprint density at radius 1 is 1.16 bits per heavy atom. The Labute approximate surface area is 223 Å². The summed E-state index contributed by atoms with van der Waals surface area (Å²) in [5.41, 5.74) is 1.88. The fourth-order valence-electron chi connectivity index (χ4n) is 4.04. The third-order valence-corrected chi connectivity index (χ3v) is 7.70. The van der Waals surface area contributed by atoms with Crippen LogP contribution in [0.4, 0.5) is 10.5 Å². The van der Waals surface area contributed by atoms with Gasteiger partial charge in [0.05, 0.1) is 30.3 Å². The zero-order chi connectivity index (χ0) is 27.7. The molecule has 0 bridgehead atoms. The van der Waals surface area contributed by atoms with Gasteiger partial charge in [0.1, 0.15) is 6.10 Å². The first-order valence-corrected chi connectivity index (χ1v) is 13.8. The van der Waals surface area contributed by atoms with E-state index < -0.39 is 28.3 Å². The second-order valence-electron chi connectivity index (χ2n) is 9.36. The zero-order valence-electron chi connectivity index (χ0n) is 21.6. The minimum absolute atomic E-state index is 0.00624. The van der Waals surface area contributed by atoms with Gasteiger partial charge in [0.25, 0.3) is 0 Å². The summed E-state index contributed by atoms with van der Waals surface area (Å²) >= 11 is 0. The second kappa shape index (κ2) is 13.5. The van der Waals surface area contributed by atoms with Gasteiger partial charge in [-0.3, -0.25) is 4.79 Å². The number of alkyl carbamates (subject to hydrolysis) is 1. The van der Waals surface area contributed by atoms with Crippen molar-refractivity contribution in [1.82, 2.24) is 9.62 Å². The number of anilines is 1. The number of hydrogen-bond acceptors (Lipinski definition) is 7. The van der Waals surface area contributed by atoms with Crippen LogP contribution in [0.2, 0.25) is 0 Å². The van der Waals surface area contributed by atoms with E-state index in [9.17, 15) is 23.1 Å². The van der Waals surface area contributed by atoms with Crippen LogP contribution in [0.1, 0.15) is 25.8 Å². The number of amides is 2. The van der Waals surface area contributed by atoms with Crippen LogP contribution in [-0.4, -0.2) is 74.4 Å². The lowest BCUT2D eigenvalue weighted by Crippen LogP contribution is -2.51. The van der Waals surface area contributed by atoms with Crippen LogP contribution >= 0.6 is 0 Å². The molecule has 1 heterocycles. The fraction of sp³-hybridized carbons (Fsp3) is 0.407. The Bertz CT molecular complexity index is 1200. The molecule has 1 fully saturated rings. The Morgan fingerprint density at radius 3 is 2.42 bits per heavy atom. The number of nitrogens with one attached hydrogen (secondary N) is 2. The molecule has 2 aromatic carbocycles. The molecule has 0 saturated carbocycles. The zero-order valence-corrected chi connectivity index (χ0v) is 22.4. The summed E-state index contributed by atoms with van der Waals surface area (Å²) in [6, 6.07) is 14.2. The smallest absolute Gasteiger partial charge is 0.407 e. The highest BCUT2D eigenvalue weighted by Crippen LogP contribution is 2.21. The molecule has 0 spiro atoms. The van der Waals surface area contributed by atoms with Gasteiger partial charge in [0, 0.05) is 32.1 Å². The summed E-state index contributed by atoms with van der Waals surface area (Å²) in [5.74, 6) is -0.274. The lowest BCUT2D eigenvalue weighted by atomic mass is 10.0. The Hall–Kier alpha value is -3.25. The molecule has 0 aromatic heterocycles. The summed E-state index contributed by atoms with van der Waals surface area (Å²) in [5, 5.41) is 16.6. The van der Waals surface area contributed by atoms with Crippen LogP contribution in [0.25, 0.3) is 0 Å². The molecule has 10 nitrogen and oxygen atoms in total. The van der Waals surface area contributed by atoms with Crippen LogP contribution in [0.5, 0.6) is 0 Å². The normalized spacial score (nSPS) is 17.0. The van der Waals surface area contributed by atoms with Crippen molar-refractivity contribution in [2.45, 2.75) is 49.8 Å². The molecule has 1 aliphatic rings. The van der Waals surface area contributed by atoms with Crippen LogP contribution in [-0.2, 0) is 30.7 Å². The molecule has 1 saturated heterocycles. The first-order valence-electron chi connectivity index (χ1n) is 12.3. The molecular formula is C27H35N3O7S. The standard InChI is InChI=1S/C27H35N3O7S/c1-19(2)16-30(38(34,35)24-11-9-22(10-12-24)28-20(3)31)17-26(32)25(15-21-7-5-4-6-8-21)29-27(33)37-23-13-14-36-18-23/h4-12,23,25-26,32H,1,13-18H2,2-3H3,(H,28,31)(H,29,33). The van der Waals surface area contributed by atoms with Crippen LogP contribution in [0, 0.1) is 0 Å². The summed E-state index contributed by atoms with van der Waals surface area (Å²) in [6.07, 6.45) is -1.50. The highest BCUT2D eigenvalue weighted by molar-refractivity contribution is 7.89. The summed E-state index contributed by atoms with van der Waals surface area (Å²) in [6.45, 7) is 7.37. The molecule has 0 radical (unpaired) electrons. The van der Waals surface area contributed by atoms with Gasteiger partial charge in [-0.2, -0.15) is 4.31 Å². The third kappa shape index (κ3) is 8.66. The number of benzene rings is 2. The first-order chi connectivity index (χ1) is 18.0. The van der Waals surface area contributed by atoms with Crippen LogP contribution < -0.4 is 10.6 Å². The maximum Gasteiger partial charge on any atom is 0.407 e. The van der Waals surface area contributed by atoms with E-state index in [-0.39, 0.29) is 36.4 Å². The van der Waals surface area contributed by atoms with E-state index in [0.717, 1.165) is 9.87 Å². The van der Waals surface area contributed by atoms with Gasteiger partial charge in [-0.05, 0) is 43.2 Å². The Kier molecular flexibility index (Phi) is 10.4. The predicted octanol–water partition coefficient (Wildman–Crippen LogP) is 2.70. The van der Waals surface area contributed by atoms with Gasteiger partial charge in [0.2, 0.25) is 15.9 Å². The third-order valence-electron chi connectivity index (χ3n) is 5.88. The number of carbonyl (C=O) groups is 2. The highest BCUT2D eigenvalue weighted by atomic mass is 32.2. The SMILES string of the molecule is C=C(C)CN(CC(O)C(Cc1ccccc1)NC(=O)OC1CCOC1)S(=O)(=O)c1ccc(NC(C)=O)cc1. The molecule has 38 heavy (non-hydrogen) atoms. The molecule has 11 heteroatoms. The van der Waals surface area contributed by atoms with Gasteiger partial charge in [-0.25, -0.2) is 13.2 Å². The minimum Gasteiger partial charge on any atom is -0.444 e. The van der Waals surface area contributed by atoms with Gasteiger partial charge in [-0.15, -0.1) is 0 Å². The molecule has 3 rings (SSSR count). The molecule has 2 amide bonds. The average Bonchev–Trinajstić information content (AvgIpc) is 3.36. The molecule has 1 aliphatic heterocycles. The second-order valence-corrected chi connectivity index (χ2v) is 11.3. The molecule has 0 aliphatic carbocycles. The maximum absolute atomic E-state index is 13.5. The molecule has 3 atom stereocenters. The van der Waals surface area contributed by atoms with Gasteiger partial charge >= 0.3 is 6.09 Å². The number of ether oxygens (including phenoxy) is 2. The van der Waals surface area contributed by atoms with Crippen molar-refractivity contribution in [3.8, 4) is 0 Å². The van der Waals surface area contributed by atoms with Crippen molar-refractivity contribution in [3.05, 3.63) is 72.3 Å². The van der Waals surface area contributed by atoms with Crippen molar-refractivity contribution >= 4 is 27.7 Å². The number of nitrogens with zero attached hydrogens (tertiary/aromatic N) is 1. The molecular weight excluding hydrogens is 510 g/mol. The number of hydrogen-bond donors (Lipinski definition) is 3. The van der Waals surface area contributed by atoms with Crippen molar-refractivity contribution in [2.75, 3.05) is 31.6 Å². The molecule has 3 N–H and O–H groups in total. The largest absolute Gasteiger partial charge is 0.444 e. The fourth-order valence-corrected chi connectivity index (χ4v) is 5.56. The van der Waals surface area contributed by atoms with E-state index in [1.807, 2.05) is 30.3 Å². The summed E-state index contributed by atoms with van der Waals surface area (Å²) < 4.78 is 38.8. The summed E-state index contributed by atoms with van der Waals surface area (Å²) in [4.78, 5) is 23.9. The van der Waals surface area contributed by atoms with E-state index in [0.29, 0.717) is 30.9 Å². The lowest BCUT2D eigenvalue weighted by Gasteiger charge is -2.30. The van der Waals surface area contributed by atoms with E-state index in [1.165, 1.54) is 31.2 Å². The number of carbonyl (C=O) groups excluding carboxylic acids is 2. The van der Waals surface area contributed by atoms with Crippen molar-refractivity contribution in [3.63, 3.8) is 0 Å². The predicted molar refractivity (Wildman–Crippen MR) is 143 cm³/mol. The van der Waals surface area contributed by atoms with E-state index >= 15 is 0 Å². The van der Waals surface area contributed by atoms with Gasteiger partial charge < -0.3 is 25.2 Å². The minimum atomic E-state index is -4.05. The Morgan fingerprint density at radius 2 is 1.84 bits per heavy atom. The lowest BCUT2D eigenvalue weighted by molar-refractivity contribution is -0.114. The molecule has 206 valence electrons. The van der Waals surface area contributed by atoms with Crippen molar-refractivity contribution in [2.24, 2.45) is 0 Å². The average molecular weight is 546 g/mol. The number of sulfonamides is 1. The van der Waals surface area contributed by atoms with Crippen molar-refractivity contribution in [1.29, 1.82) is 0 Å². The molecule has 3 unspecified atom stereocenters. The van der Waals surface area contributed by atoms with Gasteiger partial charge in [0.15, 0.2) is 0 Å². The quantitative estimate of drug-likeness (QED) is 0.349. The molecule has 2 aromatic rings. The highest BCUT2D eigenvalue weighted by Gasteiger charge is 2.32. The summed E-state index contributed by atoms with van der Waals surface area (Å²) in [7, 11) is -4.05. The monoisotopic (exact) mass is 545 g/mol. The maximum atomic E-state index is 13.5. The van der Waals surface area contributed by atoms with Gasteiger partial charge in [-0.1, -0.05) is 42.5 Å².